The van der Waals surface area contributed by atoms with Crippen molar-refractivity contribution in [3.8, 4) is 0 Å². The Labute approximate surface area is 209 Å². The zero-order valence-electron chi connectivity index (χ0n) is 20.4. The number of nitrogens with one attached hydrogen (secondary N) is 8. The Hall–Kier alpha value is -3.75. The second-order valence-electron chi connectivity index (χ2n) is 7.80. The van der Waals surface area contributed by atoms with Crippen molar-refractivity contribution in [3.63, 3.8) is 0 Å². The first-order valence-corrected chi connectivity index (χ1v) is 11.9. The van der Waals surface area contributed by atoms with Gasteiger partial charge in [-0.15, -0.1) is 0 Å². The van der Waals surface area contributed by atoms with E-state index in [4.69, 9.17) is 0 Å². The molecular formula is C21H38N8O7. The van der Waals surface area contributed by atoms with Gasteiger partial charge in [-0.05, 0) is 12.8 Å². The molecule has 15 heteroatoms. The first-order valence-electron chi connectivity index (χ1n) is 11.9. The molecular weight excluding hydrogens is 476 g/mol. The van der Waals surface area contributed by atoms with Gasteiger partial charge in [0, 0.05) is 25.8 Å². The molecule has 36 heavy (non-hydrogen) atoms. The average Bonchev–Trinajstić information content (AvgIpc) is 2.86. The highest BCUT2D eigenvalue weighted by molar-refractivity contribution is 5.97. The Morgan fingerprint density at radius 1 is 0.444 bits per heavy atom. The lowest BCUT2D eigenvalue weighted by Gasteiger charge is -2.08. The number of hydrogen-bond acceptors (Lipinski definition) is 8. The van der Waals surface area contributed by atoms with E-state index in [0.717, 1.165) is 51.4 Å². The summed E-state index contributed by atoms with van der Waals surface area (Å²) in [7, 11) is 0. The summed E-state index contributed by atoms with van der Waals surface area (Å²) in [5, 5.41) is 0. The van der Waals surface area contributed by atoms with E-state index in [1.54, 1.807) is 0 Å². The minimum atomic E-state index is -0.712. The molecule has 0 aliphatic heterocycles. The summed E-state index contributed by atoms with van der Waals surface area (Å²) >= 11 is 0. The van der Waals surface area contributed by atoms with Crippen LogP contribution in [0, 0.1) is 0 Å². The highest BCUT2D eigenvalue weighted by Crippen LogP contribution is 2.11. The van der Waals surface area contributed by atoms with E-state index in [1.165, 1.54) is 0 Å². The van der Waals surface area contributed by atoms with Gasteiger partial charge in [0.1, 0.15) is 6.42 Å². The molecule has 0 aromatic rings. The molecule has 0 bridgehead atoms. The normalized spacial score (nSPS) is 9.89. The molecule has 0 aromatic heterocycles. The molecule has 0 unspecified atom stereocenters. The number of carbonyl (C=O) groups excluding carboxylic acids is 7. The molecule has 0 aliphatic carbocycles. The number of hydrazine groups is 4. The van der Waals surface area contributed by atoms with Crippen LogP contribution < -0.4 is 43.4 Å². The van der Waals surface area contributed by atoms with E-state index in [0.29, 0.717) is 19.3 Å². The van der Waals surface area contributed by atoms with Gasteiger partial charge in [0.2, 0.25) is 42.4 Å². The van der Waals surface area contributed by atoms with Crippen LogP contribution in [0.15, 0.2) is 0 Å². The predicted molar refractivity (Wildman–Crippen MR) is 127 cm³/mol. The smallest absolute Gasteiger partial charge is 0.247 e. The molecule has 0 saturated heterocycles. The van der Waals surface area contributed by atoms with Crippen LogP contribution in [-0.2, 0) is 33.6 Å². The third-order valence-electron chi connectivity index (χ3n) is 4.72. The van der Waals surface area contributed by atoms with Crippen LogP contribution >= 0.6 is 0 Å². The summed E-state index contributed by atoms with van der Waals surface area (Å²) in [5.74, 6) is -2.36. The topological polar surface area (TPSA) is 216 Å². The molecule has 0 heterocycles. The Balaban J connectivity index is 3.48. The maximum Gasteiger partial charge on any atom is 0.247 e. The van der Waals surface area contributed by atoms with Crippen LogP contribution in [0.5, 0.6) is 0 Å². The van der Waals surface area contributed by atoms with E-state index in [9.17, 15) is 33.6 Å². The SMILES string of the molecule is O=CNNCCC(=O)NNC(=O)CCCCCCCCCCCC(=O)NNC(=O)CC(=O)NNC=O. The van der Waals surface area contributed by atoms with Crippen molar-refractivity contribution >= 4 is 42.4 Å². The summed E-state index contributed by atoms with van der Waals surface area (Å²) < 4.78 is 0. The minimum absolute atomic E-state index is 0.108. The summed E-state index contributed by atoms with van der Waals surface area (Å²) in [4.78, 5) is 77.5. The van der Waals surface area contributed by atoms with Crippen LogP contribution in [0.2, 0.25) is 0 Å². The maximum absolute atomic E-state index is 11.7. The number of rotatable bonds is 21. The molecule has 0 fully saturated rings. The fraction of sp³-hybridized carbons (Fsp3) is 0.667. The lowest BCUT2D eigenvalue weighted by Crippen LogP contribution is -2.45. The fourth-order valence-electron chi connectivity index (χ4n) is 2.91. The average molecular weight is 515 g/mol. The number of carbonyl (C=O) groups is 7. The third-order valence-corrected chi connectivity index (χ3v) is 4.72. The largest absolute Gasteiger partial charge is 0.294 e. The van der Waals surface area contributed by atoms with Gasteiger partial charge in [0.05, 0.1) is 0 Å². The summed E-state index contributed by atoms with van der Waals surface area (Å²) in [6, 6.07) is 0. The Bertz CT molecular complexity index is 706. The van der Waals surface area contributed by atoms with Crippen LogP contribution in [0.4, 0.5) is 0 Å². The van der Waals surface area contributed by atoms with Gasteiger partial charge in [0.25, 0.3) is 0 Å². The van der Waals surface area contributed by atoms with E-state index in [2.05, 4.69) is 32.6 Å². The first-order chi connectivity index (χ1) is 17.4. The molecule has 8 N–H and O–H groups in total. The van der Waals surface area contributed by atoms with E-state index in [-0.39, 0.29) is 43.5 Å². The Kier molecular flexibility index (Phi) is 20.6. The van der Waals surface area contributed by atoms with Crippen LogP contribution in [-0.4, -0.2) is 48.9 Å². The molecule has 204 valence electrons. The van der Waals surface area contributed by atoms with Crippen molar-refractivity contribution in [2.45, 2.75) is 83.5 Å². The van der Waals surface area contributed by atoms with Gasteiger partial charge in [0.15, 0.2) is 0 Å². The third kappa shape index (κ3) is 22.1. The standard InChI is InChI=1S/C21H38N8O7/c30-15-23-22-13-12-19(34)28-26-17(32)10-8-6-4-2-1-3-5-7-9-11-18(33)27-29-21(36)14-20(35)25-24-16-31/h15-16,22H,1-14H2,(H,23,30)(H,24,31)(H,25,35)(H,26,32)(H,27,33)(H,28,34)(H,29,36). The zero-order chi connectivity index (χ0) is 26.9. The molecule has 0 saturated carbocycles. The molecule has 0 rings (SSSR count). The highest BCUT2D eigenvalue weighted by Gasteiger charge is 2.10. The van der Waals surface area contributed by atoms with E-state index in [1.807, 2.05) is 10.9 Å². The maximum atomic E-state index is 11.7. The van der Waals surface area contributed by atoms with Crippen LogP contribution in [0.25, 0.3) is 0 Å². The summed E-state index contributed by atoms with van der Waals surface area (Å²) in [6.45, 7) is 0.252. The quantitative estimate of drug-likeness (QED) is 0.0384. The summed E-state index contributed by atoms with van der Waals surface area (Å²) in [5.41, 5.74) is 17.6. The second kappa shape index (κ2) is 23.0. The van der Waals surface area contributed by atoms with Gasteiger partial charge in [-0.3, -0.25) is 71.5 Å². The molecule has 0 radical (unpaired) electrons. The van der Waals surface area contributed by atoms with Gasteiger partial charge in [-0.1, -0.05) is 44.9 Å². The molecule has 0 aromatic carbocycles. The first kappa shape index (κ1) is 32.2. The molecule has 0 aliphatic rings. The van der Waals surface area contributed by atoms with Crippen LogP contribution in [0.1, 0.15) is 83.5 Å². The zero-order valence-corrected chi connectivity index (χ0v) is 20.4. The molecule has 0 spiro atoms. The predicted octanol–water partition coefficient (Wildman–Crippen LogP) is -1.62. The monoisotopic (exact) mass is 514 g/mol. The molecule has 0 atom stereocenters. The van der Waals surface area contributed by atoms with Crippen LogP contribution in [0.3, 0.4) is 0 Å². The van der Waals surface area contributed by atoms with Crippen molar-refractivity contribution in [2.24, 2.45) is 0 Å². The second-order valence-corrected chi connectivity index (χ2v) is 7.80. The van der Waals surface area contributed by atoms with Gasteiger partial charge in [-0.2, -0.15) is 0 Å². The van der Waals surface area contributed by atoms with Crippen molar-refractivity contribution in [1.82, 2.24) is 43.4 Å². The highest BCUT2D eigenvalue weighted by atomic mass is 16.2. The van der Waals surface area contributed by atoms with Crippen molar-refractivity contribution in [3.05, 3.63) is 0 Å². The minimum Gasteiger partial charge on any atom is -0.294 e. The number of amides is 7. The van der Waals surface area contributed by atoms with Crippen molar-refractivity contribution in [1.29, 1.82) is 0 Å². The lowest BCUT2D eigenvalue weighted by atomic mass is 10.1. The lowest BCUT2D eigenvalue weighted by molar-refractivity contribution is -0.134. The van der Waals surface area contributed by atoms with Gasteiger partial charge < -0.3 is 0 Å². The van der Waals surface area contributed by atoms with E-state index < -0.39 is 18.2 Å². The van der Waals surface area contributed by atoms with Crippen molar-refractivity contribution in [2.75, 3.05) is 6.54 Å². The van der Waals surface area contributed by atoms with Gasteiger partial charge in [-0.25, -0.2) is 5.43 Å². The summed E-state index contributed by atoms with van der Waals surface area (Å²) in [6.07, 6.45) is 9.29. The van der Waals surface area contributed by atoms with Gasteiger partial charge >= 0.3 is 0 Å². The van der Waals surface area contributed by atoms with Crippen molar-refractivity contribution < 1.29 is 33.6 Å². The van der Waals surface area contributed by atoms with E-state index >= 15 is 0 Å². The Morgan fingerprint density at radius 3 is 1.31 bits per heavy atom. The number of hydrogen-bond donors (Lipinski definition) is 8. The molecule has 15 nitrogen and oxygen atoms in total. The fourth-order valence-corrected chi connectivity index (χ4v) is 2.91. The Morgan fingerprint density at radius 2 is 0.833 bits per heavy atom. The molecule has 7 amide bonds. The number of unbranched alkanes of at least 4 members (excludes halogenated alkanes) is 8.